The lowest BCUT2D eigenvalue weighted by Gasteiger charge is -2.20. The Labute approximate surface area is 165 Å². The quantitative estimate of drug-likeness (QED) is 0.435. The van der Waals surface area contributed by atoms with E-state index >= 15 is 0 Å². The molecule has 0 saturated heterocycles. The second-order valence-corrected chi connectivity index (χ2v) is 7.73. The molecular weight excluding hydrogens is 374 g/mol. The highest BCUT2D eigenvalue weighted by atomic mass is 32.2. The maximum absolute atomic E-state index is 13.5. The highest BCUT2D eigenvalue weighted by molar-refractivity contribution is 7.98. The number of anilines is 1. The van der Waals surface area contributed by atoms with E-state index < -0.39 is 0 Å². The second-order valence-electron chi connectivity index (χ2n) is 5.88. The SMILES string of the molecule is CSc1ccccc1C(=O)N(Cc1ccccn1)c1nc2ccccc2s1. The summed E-state index contributed by atoms with van der Waals surface area (Å²) in [6, 6.07) is 21.3. The highest BCUT2D eigenvalue weighted by Crippen LogP contribution is 2.31. The van der Waals surface area contributed by atoms with Crippen LogP contribution in [0.4, 0.5) is 5.13 Å². The van der Waals surface area contributed by atoms with Crippen molar-refractivity contribution in [1.29, 1.82) is 0 Å². The van der Waals surface area contributed by atoms with Gasteiger partial charge in [0, 0.05) is 11.1 Å². The third-order valence-electron chi connectivity index (χ3n) is 4.14. The van der Waals surface area contributed by atoms with E-state index in [1.54, 1.807) is 22.9 Å². The van der Waals surface area contributed by atoms with Gasteiger partial charge in [0.25, 0.3) is 5.91 Å². The standard InChI is InChI=1S/C21H17N3OS2/c1-26-18-11-4-2-9-16(18)20(25)24(14-15-8-6-7-13-22-15)21-23-17-10-3-5-12-19(17)27-21/h2-13H,14H2,1H3. The number of amides is 1. The van der Waals surface area contributed by atoms with Crippen LogP contribution in [0.1, 0.15) is 16.1 Å². The molecule has 2 heterocycles. The molecule has 4 rings (SSSR count). The first kappa shape index (κ1) is 17.7. The first-order chi connectivity index (χ1) is 13.3. The van der Waals surface area contributed by atoms with Crippen LogP contribution in [-0.2, 0) is 6.54 Å². The lowest BCUT2D eigenvalue weighted by molar-refractivity contribution is 0.0982. The van der Waals surface area contributed by atoms with Gasteiger partial charge in [-0.05, 0) is 42.7 Å². The second kappa shape index (κ2) is 7.90. The first-order valence-corrected chi connectivity index (χ1v) is 10.5. The summed E-state index contributed by atoms with van der Waals surface area (Å²) < 4.78 is 1.06. The lowest BCUT2D eigenvalue weighted by atomic mass is 10.2. The number of fused-ring (bicyclic) bond motifs is 1. The van der Waals surface area contributed by atoms with Crippen molar-refractivity contribution in [3.8, 4) is 0 Å². The Kier molecular flexibility index (Phi) is 5.18. The average molecular weight is 392 g/mol. The van der Waals surface area contributed by atoms with Crippen molar-refractivity contribution >= 4 is 44.4 Å². The van der Waals surface area contributed by atoms with Crippen molar-refractivity contribution in [2.75, 3.05) is 11.2 Å². The van der Waals surface area contributed by atoms with E-state index in [2.05, 4.69) is 4.98 Å². The molecule has 4 nitrogen and oxygen atoms in total. The van der Waals surface area contributed by atoms with Gasteiger partial charge >= 0.3 is 0 Å². The zero-order valence-electron chi connectivity index (χ0n) is 14.7. The Bertz CT molecular complexity index is 1050. The van der Waals surface area contributed by atoms with E-state index in [1.165, 1.54) is 11.3 Å². The molecule has 4 aromatic rings. The van der Waals surface area contributed by atoms with Gasteiger partial charge in [0.05, 0.1) is 28.0 Å². The third kappa shape index (κ3) is 3.72. The Morgan fingerprint density at radius 3 is 2.59 bits per heavy atom. The van der Waals surface area contributed by atoms with E-state index in [-0.39, 0.29) is 5.91 Å². The predicted octanol–water partition coefficient (Wildman–Crippen LogP) is 5.26. The van der Waals surface area contributed by atoms with Gasteiger partial charge in [-0.25, -0.2) is 4.98 Å². The van der Waals surface area contributed by atoms with Crippen LogP contribution in [0.5, 0.6) is 0 Å². The minimum atomic E-state index is -0.0651. The number of benzene rings is 2. The van der Waals surface area contributed by atoms with Gasteiger partial charge in [0.15, 0.2) is 5.13 Å². The maximum atomic E-state index is 13.5. The Hall–Kier alpha value is -2.70. The first-order valence-electron chi connectivity index (χ1n) is 8.46. The molecular formula is C21H17N3OS2. The van der Waals surface area contributed by atoms with E-state index in [4.69, 9.17) is 4.98 Å². The molecule has 0 aliphatic heterocycles. The number of carbonyl (C=O) groups is 1. The summed E-state index contributed by atoms with van der Waals surface area (Å²) in [4.78, 5) is 25.2. The van der Waals surface area contributed by atoms with Gasteiger partial charge < -0.3 is 0 Å². The fourth-order valence-corrected chi connectivity index (χ4v) is 4.38. The summed E-state index contributed by atoms with van der Waals surface area (Å²) in [5, 5.41) is 0.683. The summed E-state index contributed by atoms with van der Waals surface area (Å²) in [6.07, 6.45) is 3.72. The van der Waals surface area contributed by atoms with Crippen LogP contribution in [0.15, 0.2) is 77.8 Å². The average Bonchev–Trinajstić information content (AvgIpc) is 3.16. The number of thioether (sulfide) groups is 1. The number of rotatable bonds is 5. The van der Waals surface area contributed by atoms with Gasteiger partial charge in [-0.15, -0.1) is 11.8 Å². The maximum Gasteiger partial charge on any atom is 0.261 e. The summed E-state index contributed by atoms with van der Waals surface area (Å²) in [5.41, 5.74) is 2.40. The number of para-hydroxylation sites is 1. The Morgan fingerprint density at radius 2 is 1.81 bits per heavy atom. The molecule has 2 aromatic heterocycles. The highest BCUT2D eigenvalue weighted by Gasteiger charge is 2.23. The fourth-order valence-electron chi connectivity index (χ4n) is 2.82. The zero-order valence-corrected chi connectivity index (χ0v) is 16.3. The monoisotopic (exact) mass is 391 g/mol. The number of aromatic nitrogens is 2. The van der Waals surface area contributed by atoms with Gasteiger partial charge in [0.2, 0.25) is 0 Å². The number of pyridine rings is 1. The van der Waals surface area contributed by atoms with E-state index in [9.17, 15) is 4.79 Å². The van der Waals surface area contributed by atoms with Gasteiger partial charge in [-0.2, -0.15) is 0 Å². The molecule has 0 radical (unpaired) electrons. The van der Waals surface area contributed by atoms with Crippen molar-refractivity contribution in [2.45, 2.75) is 11.4 Å². The van der Waals surface area contributed by atoms with Crippen LogP contribution >= 0.6 is 23.1 Å². The molecule has 0 unspecified atom stereocenters. The van der Waals surface area contributed by atoms with Crippen LogP contribution in [0.2, 0.25) is 0 Å². The van der Waals surface area contributed by atoms with Crippen molar-refractivity contribution in [3.63, 3.8) is 0 Å². The van der Waals surface area contributed by atoms with Crippen LogP contribution in [-0.4, -0.2) is 22.1 Å². The molecule has 134 valence electrons. The minimum Gasteiger partial charge on any atom is -0.278 e. The smallest absolute Gasteiger partial charge is 0.261 e. The molecule has 2 aromatic carbocycles. The number of hydrogen-bond donors (Lipinski definition) is 0. The predicted molar refractivity (Wildman–Crippen MR) is 113 cm³/mol. The Balaban J connectivity index is 1.78. The number of thiazole rings is 1. The summed E-state index contributed by atoms with van der Waals surface area (Å²) in [5.74, 6) is -0.0651. The third-order valence-corrected chi connectivity index (χ3v) is 6.00. The van der Waals surface area contributed by atoms with Gasteiger partial charge in [-0.3, -0.25) is 14.7 Å². The summed E-state index contributed by atoms with van der Waals surface area (Å²) in [6.45, 7) is 0.377. The van der Waals surface area contributed by atoms with Crippen molar-refractivity contribution in [1.82, 2.24) is 9.97 Å². The molecule has 0 fully saturated rings. The van der Waals surface area contributed by atoms with E-state index in [0.29, 0.717) is 17.2 Å². The van der Waals surface area contributed by atoms with Crippen LogP contribution < -0.4 is 4.90 Å². The molecule has 0 N–H and O–H groups in total. The molecule has 0 atom stereocenters. The van der Waals surface area contributed by atoms with Crippen molar-refractivity contribution in [2.24, 2.45) is 0 Å². The lowest BCUT2D eigenvalue weighted by Crippen LogP contribution is -2.31. The molecule has 0 bridgehead atoms. The minimum absolute atomic E-state index is 0.0651. The van der Waals surface area contributed by atoms with Crippen LogP contribution in [0.3, 0.4) is 0 Å². The normalized spacial score (nSPS) is 10.9. The fraction of sp³-hybridized carbons (Fsp3) is 0.0952. The van der Waals surface area contributed by atoms with Crippen LogP contribution in [0.25, 0.3) is 10.2 Å². The van der Waals surface area contributed by atoms with Gasteiger partial charge in [-0.1, -0.05) is 41.7 Å². The van der Waals surface area contributed by atoms with E-state index in [0.717, 1.165) is 20.8 Å². The van der Waals surface area contributed by atoms with E-state index in [1.807, 2.05) is 73.0 Å². The number of hydrogen-bond acceptors (Lipinski definition) is 5. The summed E-state index contributed by atoms with van der Waals surface area (Å²) in [7, 11) is 0. The largest absolute Gasteiger partial charge is 0.278 e. The molecule has 27 heavy (non-hydrogen) atoms. The van der Waals surface area contributed by atoms with Gasteiger partial charge in [0.1, 0.15) is 0 Å². The zero-order chi connectivity index (χ0) is 18.6. The molecule has 0 saturated carbocycles. The topological polar surface area (TPSA) is 46.1 Å². The molecule has 1 amide bonds. The van der Waals surface area contributed by atoms with Crippen molar-refractivity contribution in [3.05, 3.63) is 84.2 Å². The van der Waals surface area contributed by atoms with Crippen molar-refractivity contribution < 1.29 is 4.79 Å². The molecule has 6 heteroatoms. The number of nitrogens with zero attached hydrogens (tertiary/aromatic N) is 3. The molecule has 0 aliphatic carbocycles. The Morgan fingerprint density at radius 1 is 1.04 bits per heavy atom. The number of carbonyl (C=O) groups excluding carboxylic acids is 1. The summed E-state index contributed by atoms with van der Waals surface area (Å²) >= 11 is 3.09. The van der Waals surface area contributed by atoms with Crippen LogP contribution in [0, 0.1) is 0 Å². The molecule has 0 spiro atoms. The molecule has 0 aliphatic rings.